The Morgan fingerprint density at radius 1 is 0.625 bits per heavy atom. The summed E-state index contributed by atoms with van der Waals surface area (Å²) in [6, 6.07) is -8.68. The lowest BCUT2D eigenvalue weighted by Crippen LogP contribution is -2.59. The number of nitrogens with one attached hydrogen (secondary N) is 5. The standard InChI is InChI=1S/C26H42N8O13S/c1-2-3-6-17(35)30-13(8-18(36)37)22(43)31-12(5-4-7-29-26(27)28)21(42)32-14(9-19(38)39)23(44)33-15(10-20(40)41)24(45)34-16(11-48)25(46)47/h12-16,48H,2-11H2,1H3,(H,30,35)(H,31,43)(H,32,42)(H,33,44)(H,34,45)(H,36,37)(H,38,39)(H,40,41)(H,46,47)(H4,27,28,29)/t12-,13-,14-,15-,16-/m0/s1. The molecule has 0 aliphatic heterocycles. The van der Waals surface area contributed by atoms with Crippen LogP contribution in [0.5, 0.6) is 0 Å². The second-order valence-corrected chi connectivity index (χ2v) is 10.6. The van der Waals surface area contributed by atoms with Crippen molar-refractivity contribution in [2.75, 3.05) is 12.3 Å². The van der Waals surface area contributed by atoms with Crippen molar-refractivity contribution in [2.45, 2.75) is 88.5 Å². The summed E-state index contributed by atoms with van der Waals surface area (Å²) in [7, 11) is 0. The highest BCUT2D eigenvalue weighted by molar-refractivity contribution is 7.80. The topological polar surface area (TPSA) is 359 Å². The van der Waals surface area contributed by atoms with E-state index in [1.54, 1.807) is 6.92 Å². The molecule has 0 aromatic rings. The second-order valence-electron chi connectivity index (χ2n) is 10.2. The van der Waals surface area contributed by atoms with Crippen LogP contribution in [0, 0.1) is 0 Å². The van der Waals surface area contributed by atoms with Crippen molar-refractivity contribution in [1.29, 1.82) is 0 Å². The van der Waals surface area contributed by atoms with Gasteiger partial charge in [0.1, 0.15) is 30.2 Å². The zero-order chi connectivity index (χ0) is 37.0. The maximum Gasteiger partial charge on any atom is 0.327 e. The van der Waals surface area contributed by atoms with Gasteiger partial charge in [0, 0.05) is 18.7 Å². The number of hydrogen-bond acceptors (Lipinski definition) is 11. The third-order valence-electron chi connectivity index (χ3n) is 6.19. The maximum atomic E-state index is 13.3. The fourth-order valence-corrected chi connectivity index (χ4v) is 4.05. The molecule has 0 fully saturated rings. The number of nitrogens with zero attached hydrogens (tertiary/aromatic N) is 1. The van der Waals surface area contributed by atoms with E-state index in [0.717, 1.165) is 0 Å². The van der Waals surface area contributed by atoms with Crippen molar-refractivity contribution < 1.29 is 63.6 Å². The molecule has 22 heteroatoms. The van der Waals surface area contributed by atoms with Gasteiger partial charge in [-0.1, -0.05) is 13.3 Å². The van der Waals surface area contributed by atoms with E-state index in [2.05, 4.69) is 33.6 Å². The van der Waals surface area contributed by atoms with Gasteiger partial charge in [-0.25, -0.2) is 4.79 Å². The van der Waals surface area contributed by atoms with Crippen LogP contribution < -0.4 is 38.1 Å². The lowest BCUT2D eigenvalue weighted by atomic mass is 10.1. The number of carbonyl (C=O) groups excluding carboxylic acids is 5. The molecule has 0 aliphatic rings. The first kappa shape index (κ1) is 42.9. The van der Waals surface area contributed by atoms with Gasteiger partial charge < -0.3 is 58.5 Å². The first-order chi connectivity index (χ1) is 22.4. The molecule has 0 rings (SSSR count). The molecule has 0 saturated heterocycles. The van der Waals surface area contributed by atoms with Gasteiger partial charge in [-0.3, -0.25) is 43.3 Å². The summed E-state index contributed by atoms with van der Waals surface area (Å²) in [5, 5.41) is 47.6. The number of unbranched alkanes of at least 4 members (excludes halogenated alkanes) is 1. The van der Waals surface area contributed by atoms with Crippen LogP contribution in [0.2, 0.25) is 0 Å². The summed E-state index contributed by atoms with van der Waals surface area (Å²) in [6.07, 6.45) is -2.19. The van der Waals surface area contributed by atoms with E-state index in [1.807, 2.05) is 10.6 Å². The van der Waals surface area contributed by atoms with Gasteiger partial charge in [0.05, 0.1) is 19.3 Å². The van der Waals surface area contributed by atoms with Crippen LogP contribution >= 0.6 is 12.6 Å². The summed E-state index contributed by atoms with van der Waals surface area (Å²) < 4.78 is 0. The van der Waals surface area contributed by atoms with E-state index in [4.69, 9.17) is 16.6 Å². The molecule has 0 aliphatic carbocycles. The third kappa shape index (κ3) is 18.1. The van der Waals surface area contributed by atoms with Crippen LogP contribution in [0.15, 0.2) is 4.99 Å². The number of amides is 5. The summed E-state index contributed by atoms with van der Waals surface area (Å²) in [6.45, 7) is 1.75. The Bertz CT molecular complexity index is 1230. The number of hydrogen-bond donors (Lipinski definition) is 12. The number of carboxylic acid groups (broad SMARTS) is 4. The fraction of sp³-hybridized carbons (Fsp3) is 0.615. The highest BCUT2D eigenvalue weighted by Gasteiger charge is 2.34. The van der Waals surface area contributed by atoms with E-state index in [0.29, 0.717) is 12.8 Å². The molecule has 5 amide bonds. The average Bonchev–Trinajstić information content (AvgIpc) is 2.97. The largest absolute Gasteiger partial charge is 0.481 e. The monoisotopic (exact) mass is 706 g/mol. The molecule has 270 valence electrons. The third-order valence-corrected chi connectivity index (χ3v) is 6.55. The van der Waals surface area contributed by atoms with Gasteiger partial charge in [0.2, 0.25) is 29.5 Å². The van der Waals surface area contributed by atoms with Crippen LogP contribution in [-0.4, -0.2) is 122 Å². The minimum absolute atomic E-state index is 0.0131. The number of thiol groups is 1. The Morgan fingerprint density at radius 2 is 1.02 bits per heavy atom. The molecule has 48 heavy (non-hydrogen) atoms. The Kier molecular flexibility index (Phi) is 20.0. The number of aliphatic carboxylic acids is 4. The Labute approximate surface area is 279 Å². The zero-order valence-corrected chi connectivity index (χ0v) is 26.9. The molecule has 0 aromatic carbocycles. The Morgan fingerprint density at radius 3 is 1.40 bits per heavy atom. The number of carboxylic acids is 4. The Balaban J connectivity index is 6.21. The van der Waals surface area contributed by atoms with Crippen LogP contribution in [0.25, 0.3) is 0 Å². The number of rotatable bonds is 24. The van der Waals surface area contributed by atoms with Crippen molar-refractivity contribution in [1.82, 2.24) is 26.6 Å². The van der Waals surface area contributed by atoms with Gasteiger partial charge in [0.25, 0.3) is 0 Å². The smallest absolute Gasteiger partial charge is 0.327 e. The predicted octanol–water partition coefficient (Wildman–Crippen LogP) is -3.91. The van der Waals surface area contributed by atoms with E-state index in [-0.39, 0.29) is 31.8 Å². The molecular formula is C26H42N8O13S. The maximum absolute atomic E-state index is 13.3. The van der Waals surface area contributed by atoms with E-state index >= 15 is 0 Å². The van der Waals surface area contributed by atoms with Gasteiger partial charge in [-0.15, -0.1) is 0 Å². The van der Waals surface area contributed by atoms with Crippen molar-refractivity contribution in [3.63, 3.8) is 0 Å². The molecule has 13 N–H and O–H groups in total. The molecule has 0 heterocycles. The first-order valence-corrected chi connectivity index (χ1v) is 15.1. The van der Waals surface area contributed by atoms with Crippen LogP contribution in [0.4, 0.5) is 0 Å². The fourth-order valence-electron chi connectivity index (χ4n) is 3.80. The van der Waals surface area contributed by atoms with Crippen LogP contribution in [0.1, 0.15) is 58.3 Å². The second kappa shape index (κ2) is 22.4. The van der Waals surface area contributed by atoms with Crippen molar-refractivity contribution >= 4 is 72.0 Å². The molecule has 0 saturated carbocycles. The molecule has 21 nitrogen and oxygen atoms in total. The average molecular weight is 707 g/mol. The van der Waals surface area contributed by atoms with Gasteiger partial charge in [-0.2, -0.15) is 12.6 Å². The van der Waals surface area contributed by atoms with Crippen LogP contribution in [-0.2, 0) is 43.2 Å². The zero-order valence-electron chi connectivity index (χ0n) is 26.0. The minimum Gasteiger partial charge on any atom is -0.481 e. The van der Waals surface area contributed by atoms with Gasteiger partial charge in [0.15, 0.2) is 5.96 Å². The molecule has 0 unspecified atom stereocenters. The lowest BCUT2D eigenvalue weighted by Gasteiger charge is -2.26. The van der Waals surface area contributed by atoms with E-state index < -0.39 is 109 Å². The minimum atomic E-state index is -1.97. The molecule has 0 spiro atoms. The Hall–Kier alpha value is -5.15. The normalized spacial score (nSPS) is 13.6. The highest BCUT2D eigenvalue weighted by Crippen LogP contribution is 2.06. The van der Waals surface area contributed by atoms with Crippen molar-refractivity contribution in [3.05, 3.63) is 0 Å². The van der Waals surface area contributed by atoms with Crippen molar-refractivity contribution in [3.8, 4) is 0 Å². The quantitative estimate of drug-likeness (QED) is 0.0197. The lowest BCUT2D eigenvalue weighted by molar-refractivity contribution is -0.144. The van der Waals surface area contributed by atoms with E-state index in [1.165, 1.54) is 0 Å². The predicted molar refractivity (Wildman–Crippen MR) is 167 cm³/mol. The van der Waals surface area contributed by atoms with Crippen LogP contribution in [0.3, 0.4) is 0 Å². The first-order valence-electron chi connectivity index (χ1n) is 14.5. The van der Waals surface area contributed by atoms with Gasteiger partial charge >= 0.3 is 23.9 Å². The molecule has 0 aromatic heterocycles. The summed E-state index contributed by atoms with van der Waals surface area (Å²) >= 11 is 3.78. The molecule has 0 radical (unpaired) electrons. The number of nitrogens with two attached hydrogens (primary N) is 2. The molecule has 0 bridgehead atoms. The number of guanidine groups is 1. The SMILES string of the molecule is CCCCC(=O)N[C@@H](CC(=O)O)C(=O)N[C@@H](CCCN=C(N)N)C(=O)N[C@@H](CC(=O)O)C(=O)N[C@@H](CC(=O)O)C(=O)N[C@@H](CS)C(=O)O. The summed E-state index contributed by atoms with van der Waals surface area (Å²) in [4.78, 5) is 114. The van der Waals surface area contributed by atoms with Crippen molar-refractivity contribution in [2.24, 2.45) is 16.5 Å². The van der Waals surface area contributed by atoms with E-state index in [9.17, 15) is 58.5 Å². The number of carbonyl (C=O) groups is 9. The summed E-state index contributed by atoms with van der Waals surface area (Å²) in [5.41, 5.74) is 10.6. The van der Waals surface area contributed by atoms with Gasteiger partial charge in [-0.05, 0) is 19.3 Å². The highest BCUT2D eigenvalue weighted by atomic mass is 32.1. The number of aliphatic imine (C=N–C) groups is 1. The summed E-state index contributed by atoms with van der Waals surface area (Å²) in [5.74, 6) is -12.4. The molecular weight excluding hydrogens is 664 g/mol. The molecule has 5 atom stereocenters.